The molecule has 1 heterocycles. The molecule has 3 nitrogen and oxygen atoms in total. The summed E-state index contributed by atoms with van der Waals surface area (Å²) < 4.78 is 11.0. The molecule has 0 spiro atoms. The van der Waals surface area contributed by atoms with Crippen LogP contribution in [0.3, 0.4) is 0 Å². The number of thioether (sulfide) groups is 1. The van der Waals surface area contributed by atoms with Gasteiger partial charge in [-0.15, -0.1) is 24.2 Å². The van der Waals surface area contributed by atoms with Gasteiger partial charge < -0.3 is 14.8 Å². The highest BCUT2D eigenvalue weighted by Gasteiger charge is 2.21. The third-order valence-electron chi connectivity index (χ3n) is 3.47. The third kappa shape index (κ3) is 3.71. The monoisotopic (exact) mass is 303 g/mol. The topological polar surface area (TPSA) is 30.5 Å². The van der Waals surface area contributed by atoms with Crippen LogP contribution in [0, 0.1) is 0 Å². The Hall–Kier alpha value is -0.580. The van der Waals surface area contributed by atoms with Gasteiger partial charge in [-0.25, -0.2) is 0 Å². The van der Waals surface area contributed by atoms with Gasteiger partial charge in [-0.1, -0.05) is 0 Å². The summed E-state index contributed by atoms with van der Waals surface area (Å²) >= 11 is 1.68. The summed E-state index contributed by atoms with van der Waals surface area (Å²) in [6.07, 6.45) is 4.49. The maximum atomic E-state index is 5.54. The summed E-state index contributed by atoms with van der Waals surface area (Å²) in [5.41, 5.74) is 1.26. The number of piperidine rings is 1. The Morgan fingerprint density at radius 3 is 2.47 bits per heavy atom. The molecule has 1 fully saturated rings. The molecule has 2 rings (SSSR count). The molecule has 0 aromatic heterocycles. The third-order valence-corrected chi connectivity index (χ3v) is 4.23. The first-order valence-electron chi connectivity index (χ1n) is 6.30. The van der Waals surface area contributed by atoms with Crippen LogP contribution in [-0.4, -0.2) is 33.6 Å². The summed E-state index contributed by atoms with van der Waals surface area (Å²) in [5.74, 6) is 2.45. The van der Waals surface area contributed by atoms with Gasteiger partial charge in [0.1, 0.15) is 11.5 Å². The van der Waals surface area contributed by atoms with Gasteiger partial charge in [0.25, 0.3) is 0 Å². The molecule has 5 heteroatoms. The van der Waals surface area contributed by atoms with Crippen LogP contribution in [0.25, 0.3) is 0 Å². The Bertz CT molecular complexity index is 409. The van der Waals surface area contributed by atoms with Crippen molar-refractivity contribution in [2.75, 3.05) is 33.6 Å². The molecule has 108 valence electrons. The number of nitrogens with one attached hydrogen (secondary N) is 1. The van der Waals surface area contributed by atoms with Gasteiger partial charge in [0, 0.05) is 18.0 Å². The van der Waals surface area contributed by atoms with E-state index in [1.54, 1.807) is 26.0 Å². The van der Waals surface area contributed by atoms with Gasteiger partial charge in [-0.3, -0.25) is 0 Å². The minimum atomic E-state index is 0. The second kappa shape index (κ2) is 7.88. The largest absolute Gasteiger partial charge is 0.496 e. The first-order chi connectivity index (χ1) is 8.80. The number of ether oxygens (including phenoxy) is 2. The Morgan fingerprint density at radius 2 is 1.95 bits per heavy atom. The fourth-order valence-corrected chi connectivity index (χ4v) is 3.06. The van der Waals surface area contributed by atoms with Crippen molar-refractivity contribution in [2.45, 2.75) is 23.7 Å². The second-order valence-corrected chi connectivity index (χ2v) is 5.34. The lowest BCUT2D eigenvalue weighted by molar-refractivity contribution is 0.378. The lowest BCUT2D eigenvalue weighted by Crippen LogP contribution is -2.28. The molecule has 1 N–H and O–H groups in total. The molecule has 0 radical (unpaired) electrons. The fraction of sp³-hybridized carbons (Fsp3) is 0.571. The molecule has 1 aromatic rings. The van der Waals surface area contributed by atoms with Crippen molar-refractivity contribution in [1.29, 1.82) is 0 Å². The smallest absolute Gasteiger partial charge is 0.132 e. The Balaban J connectivity index is 0.00000180. The molecule has 0 aliphatic carbocycles. The number of benzene rings is 1. The first-order valence-corrected chi connectivity index (χ1v) is 7.53. The van der Waals surface area contributed by atoms with E-state index >= 15 is 0 Å². The molecule has 0 saturated carbocycles. The van der Waals surface area contributed by atoms with Crippen LogP contribution in [0.15, 0.2) is 17.0 Å². The first kappa shape index (κ1) is 16.5. The summed E-state index contributed by atoms with van der Waals surface area (Å²) in [6.45, 7) is 2.15. The second-order valence-electron chi connectivity index (χ2n) is 4.49. The van der Waals surface area contributed by atoms with Gasteiger partial charge in [0.15, 0.2) is 0 Å². The van der Waals surface area contributed by atoms with Crippen LogP contribution in [0.1, 0.15) is 24.3 Å². The number of hydrogen-bond acceptors (Lipinski definition) is 4. The van der Waals surface area contributed by atoms with Crippen molar-refractivity contribution in [3.05, 3.63) is 17.7 Å². The molecule has 1 atom stereocenters. The van der Waals surface area contributed by atoms with Crippen LogP contribution >= 0.6 is 24.2 Å². The average molecular weight is 304 g/mol. The van der Waals surface area contributed by atoms with E-state index in [9.17, 15) is 0 Å². The molecule has 0 amide bonds. The SMILES string of the molecule is COc1cc([C@@H]2CCCNC2)c(OC)cc1SC.Cl. The van der Waals surface area contributed by atoms with E-state index in [-0.39, 0.29) is 12.4 Å². The van der Waals surface area contributed by atoms with Gasteiger partial charge in [0.05, 0.1) is 19.1 Å². The van der Waals surface area contributed by atoms with E-state index in [2.05, 4.69) is 23.7 Å². The van der Waals surface area contributed by atoms with Gasteiger partial charge in [0.2, 0.25) is 0 Å². The highest BCUT2D eigenvalue weighted by atomic mass is 35.5. The zero-order valence-corrected chi connectivity index (χ0v) is 13.3. The van der Waals surface area contributed by atoms with Crippen LogP contribution in [0.4, 0.5) is 0 Å². The van der Waals surface area contributed by atoms with E-state index in [1.165, 1.54) is 18.4 Å². The summed E-state index contributed by atoms with van der Waals surface area (Å²) in [4.78, 5) is 1.13. The van der Waals surface area contributed by atoms with E-state index in [1.807, 2.05) is 0 Å². The maximum absolute atomic E-state index is 5.54. The van der Waals surface area contributed by atoms with Crippen molar-refractivity contribution >= 4 is 24.2 Å². The number of methoxy groups -OCH3 is 2. The van der Waals surface area contributed by atoms with Crippen LogP contribution in [0.2, 0.25) is 0 Å². The quantitative estimate of drug-likeness (QED) is 0.865. The molecule has 0 unspecified atom stereocenters. The maximum Gasteiger partial charge on any atom is 0.132 e. The molecule has 1 aliphatic rings. The van der Waals surface area contributed by atoms with Crippen molar-refractivity contribution in [2.24, 2.45) is 0 Å². The zero-order chi connectivity index (χ0) is 13.0. The molecule has 0 bridgehead atoms. The van der Waals surface area contributed by atoms with Crippen molar-refractivity contribution in [3.8, 4) is 11.5 Å². The standard InChI is InChI=1S/C14H21NO2S.ClH/c1-16-12-8-14(18-3)13(17-2)7-11(12)10-5-4-6-15-9-10;/h7-8,10,15H,4-6,9H2,1-3H3;1H/t10-;/m1./s1. The molecule has 1 saturated heterocycles. The Labute approximate surface area is 125 Å². The Morgan fingerprint density at radius 1 is 1.21 bits per heavy atom. The molecular weight excluding hydrogens is 282 g/mol. The number of rotatable bonds is 4. The molecule has 1 aliphatic heterocycles. The van der Waals surface area contributed by atoms with E-state index < -0.39 is 0 Å². The lowest BCUT2D eigenvalue weighted by Gasteiger charge is -2.25. The van der Waals surface area contributed by atoms with E-state index in [0.717, 1.165) is 29.5 Å². The van der Waals surface area contributed by atoms with Crippen LogP contribution in [-0.2, 0) is 0 Å². The highest BCUT2D eigenvalue weighted by Crippen LogP contribution is 2.39. The van der Waals surface area contributed by atoms with E-state index in [4.69, 9.17) is 9.47 Å². The van der Waals surface area contributed by atoms with Crippen molar-refractivity contribution < 1.29 is 9.47 Å². The van der Waals surface area contributed by atoms with Gasteiger partial charge in [-0.05, 0) is 37.8 Å². The van der Waals surface area contributed by atoms with Crippen LogP contribution < -0.4 is 14.8 Å². The summed E-state index contributed by atoms with van der Waals surface area (Å²) in [6, 6.07) is 4.23. The number of halogens is 1. The summed E-state index contributed by atoms with van der Waals surface area (Å²) in [5, 5.41) is 3.45. The zero-order valence-electron chi connectivity index (χ0n) is 11.7. The number of hydrogen-bond donors (Lipinski definition) is 1. The van der Waals surface area contributed by atoms with Gasteiger partial charge >= 0.3 is 0 Å². The molecule has 1 aromatic carbocycles. The van der Waals surface area contributed by atoms with Crippen LogP contribution in [0.5, 0.6) is 11.5 Å². The predicted octanol–water partition coefficient (Wildman–Crippen LogP) is 3.31. The minimum absolute atomic E-state index is 0. The van der Waals surface area contributed by atoms with Crippen molar-refractivity contribution in [3.63, 3.8) is 0 Å². The summed E-state index contributed by atoms with van der Waals surface area (Å²) in [7, 11) is 3.47. The van der Waals surface area contributed by atoms with E-state index in [0.29, 0.717) is 5.92 Å². The Kier molecular flexibility index (Phi) is 6.83. The molecule has 19 heavy (non-hydrogen) atoms. The lowest BCUT2D eigenvalue weighted by atomic mass is 9.91. The van der Waals surface area contributed by atoms with Crippen molar-refractivity contribution in [1.82, 2.24) is 5.32 Å². The average Bonchev–Trinajstić information content (AvgIpc) is 2.46. The molecular formula is C14H22ClNO2S. The minimum Gasteiger partial charge on any atom is -0.496 e. The normalized spacial score (nSPS) is 18.6. The highest BCUT2D eigenvalue weighted by molar-refractivity contribution is 7.98. The fourth-order valence-electron chi connectivity index (χ4n) is 2.49. The predicted molar refractivity (Wildman–Crippen MR) is 83.4 cm³/mol. The van der Waals surface area contributed by atoms with Gasteiger partial charge in [-0.2, -0.15) is 0 Å².